The van der Waals surface area contributed by atoms with E-state index in [2.05, 4.69) is 0 Å². The van der Waals surface area contributed by atoms with Crippen molar-refractivity contribution < 1.29 is 13.9 Å². The molecule has 0 spiro atoms. The van der Waals surface area contributed by atoms with Crippen LogP contribution in [0.15, 0.2) is 30.3 Å². The average molecular weight is 240 g/mol. The van der Waals surface area contributed by atoms with Gasteiger partial charge in [-0.1, -0.05) is 30.3 Å². The summed E-state index contributed by atoms with van der Waals surface area (Å²) >= 11 is 0. The number of hydrogen-bond acceptors (Lipinski definition) is 1. The van der Waals surface area contributed by atoms with Crippen LogP contribution in [-0.4, -0.2) is 11.0 Å². The Morgan fingerprint density at radius 1 is 1.18 bits per heavy atom. The van der Waals surface area contributed by atoms with Crippen LogP contribution in [0.5, 0.6) is 0 Å². The molecule has 0 amide bonds. The van der Waals surface area contributed by atoms with Crippen LogP contribution in [0.3, 0.4) is 0 Å². The molecule has 1 aromatic carbocycles. The minimum atomic E-state index is -2.54. The third kappa shape index (κ3) is 2.65. The summed E-state index contributed by atoms with van der Waals surface area (Å²) in [6.45, 7) is 1.73. The van der Waals surface area contributed by atoms with Gasteiger partial charge in [0.2, 0.25) is 5.92 Å². The first-order chi connectivity index (χ1) is 7.92. The van der Waals surface area contributed by atoms with Crippen LogP contribution < -0.4 is 0 Å². The fourth-order valence-electron chi connectivity index (χ4n) is 2.61. The second kappa shape index (κ2) is 4.37. The lowest BCUT2D eigenvalue weighted by Crippen LogP contribution is -2.37. The molecule has 0 aromatic heterocycles. The highest BCUT2D eigenvalue weighted by Gasteiger charge is 2.42. The van der Waals surface area contributed by atoms with E-state index in [-0.39, 0.29) is 18.8 Å². The molecule has 94 valence electrons. The van der Waals surface area contributed by atoms with E-state index in [0.717, 1.165) is 5.56 Å². The normalized spacial score (nSPS) is 24.2. The topological polar surface area (TPSA) is 20.2 Å². The zero-order valence-corrected chi connectivity index (χ0v) is 10.00. The SMILES string of the molecule is CC(O)(c1ccccc1)C1CCC(F)(F)CC1. The van der Waals surface area contributed by atoms with E-state index in [1.54, 1.807) is 6.92 Å². The molecule has 17 heavy (non-hydrogen) atoms. The lowest BCUT2D eigenvalue weighted by atomic mass is 9.73. The highest BCUT2D eigenvalue weighted by molar-refractivity contribution is 5.22. The van der Waals surface area contributed by atoms with E-state index in [0.29, 0.717) is 12.8 Å². The Balaban J connectivity index is 2.12. The largest absolute Gasteiger partial charge is 0.385 e. The maximum atomic E-state index is 13.1. The van der Waals surface area contributed by atoms with Gasteiger partial charge >= 0.3 is 0 Å². The molecule has 1 unspecified atom stereocenters. The maximum Gasteiger partial charge on any atom is 0.248 e. The van der Waals surface area contributed by atoms with Crippen LogP contribution >= 0.6 is 0 Å². The Labute approximate surface area is 100 Å². The van der Waals surface area contributed by atoms with Crippen LogP contribution in [0.1, 0.15) is 38.2 Å². The number of rotatable bonds is 2. The minimum Gasteiger partial charge on any atom is -0.385 e. The predicted octanol–water partition coefficient (Wildman–Crippen LogP) is 3.72. The lowest BCUT2D eigenvalue weighted by Gasteiger charge is -2.38. The molecule has 2 rings (SSSR count). The Hall–Kier alpha value is -0.960. The molecule has 0 aliphatic heterocycles. The quantitative estimate of drug-likeness (QED) is 0.835. The van der Waals surface area contributed by atoms with Crippen molar-refractivity contribution in [1.82, 2.24) is 0 Å². The van der Waals surface area contributed by atoms with E-state index < -0.39 is 11.5 Å². The van der Waals surface area contributed by atoms with Crippen molar-refractivity contribution in [3.63, 3.8) is 0 Å². The Bertz CT molecular complexity index is 363. The van der Waals surface area contributed by atoms with Crippen LogP contribution in [0, 0.1) is 5.92 Å². The number of halogens is 2. The molecule has 1 nitrogen and oxygen atoms in total. The number of hydrogen-bond donors (Lipinski definition) is 1. The Morgan fingerprint density at radius 2 is 1.71 bits per heavy atom. The molecule has 0 heterocycles. The van der Waals surface area contributed by atoms with E-state index in [1.807, 2.05) is 30.3 Å². The van der Waals surface area contributed by atoms with Gasteiger partial charge in [-0.3, -0.25) is 0 Å². The van der Waals surface area contributed by atoms with Crippen molar-refractivity contribution in [3.05, 3.63) is 35.9 Å². The summed E-state index contributed by atoms with van der Waals surface area (Å²) in [4.78, 5) is 0. The van der Waals surface area contributed by atoms with Gasteiger partial charge in [0.1, 0.15) is 0 Å². The lowest BCUT2D eigenvalue weighted by molar-refractivity contribution is -0.0906. The third-order valence-electron chi connectivity index (χ3n) is 3.87. The molecule has 1 fully saturated rings. The van der Waals surface area contributed by atoms with Crippen molar-refractivity contribution in [2.24, 2.45) is 5.92 Å². The summed E-state index contributed by atoms with van der Waals surface area (Å²) < 4.78 is 26.2. The summed E-state index contributed by atoms with van der Waals surface area (Å²) in [5.41, 5.74) is -0.187. The van der Waals surface area contributed by atoms with Gasteiger partial charge in [0.25, 0.3) is 0 Å². The number of benzene rings is 1. The highest BCUT2D eigenvalue weighted by atomic mass is 19.3. The highest BCUT2D eigenvalue weighted by Crippen LogP contribution is 2.43. The molecule has 1 atom stereocenters. The summed E-state index contributed by atoms with van der Waals surface area (Å²) in [7, 11) is 0. The maximum absolute atomic E-state index is 13.1. The van der Waals surface area contributed by atoms with Crippen LogP contribution in [-0.2, 0) is 5.60 Å². The number of aliphatic hydroxyl groups is 1. The van der Waals surface area contributed by atoms with Gasteiger partial charge < -0.3 is 5.11 Å². The second-order valence-electron chi connectivity index (χ2n) is 5.14. The van der Waals surface area contributed by atoms with E-state index in [9.17, 15) is 13.9 Å². The fourth-order valence-corrected chi connectivity index (χ4v) is 2.61. The summed E-state index contributed by atoms with van der Waals surface area (Å²) in [6, 6.07) is 9.32. The zero-order valence-electron chi connectivity index (χ0n) is 10.00. The molecule has 1 aromatic rings. The van der Waals surface area contributed by atoms with Crippen LogP contribution in [0.25, 0.3) is 0 Å². The molecule has 3 heteroatoms. The van der Waals surface area contributed by atoms with E-state index in [4.69, 9.17) is 0 Å². The predicted molar refractivity (Wildman–Crippen MR) is 62.9 cm³/mol. The molecular formula is C14H18F2O. The van der Waals surface area contributed by atoms with Crippen LogP contribution in [0.4, 0.5) is 8.78 Å². The summed E-state index contributed by atoms with van der Waals surface area (Å²) in [6.07, 6.45) is 0.547. The van der Waals surface area contributed by atoms with Crippen LogP contribution in [0.2, 0.25) is 0 Å². The molecule has 0 saturated heterocycles. The van der Waals surface area contributed by atoms with Gasteiger partial charge in [0, 0.05) is 12.8 Å². The molecule has 1 N–H and O–H groups in total. The van der Waals surface area contributed by atoms with Gasteiger partial charge in [-0.05, 0) is 31.2 Å². The molecule has 0 radical (unpaired) electrons. The molecule has 1 aliphatic carbocycles. The van der Waals surface area contributed by atoms with Gasteiger partial charge in [0.05, 0.1) is 5.60 Å². The van der Waals surface area contributed by atoms with E-state index >= 15 is 0 Å². The first-order valence-electron chi connectivity index (χ1n) is 6.07. The Kier molecular flexibility index (Phi) is 3.21. The molecule has 1 saturated carbocycles. The van der Waals surface area contributed by atoms with Gasteiger partial charge in [-0.15, -0.1) is 0 Å². The molecule has 0 bridgehead atoms. The van der Waals surface area contributed by atoms with Crippen molar-refractivity contribution in [2.45, 2.75) is 44.1 Å². The number of alkyl halides is 2. The molecular weight excluding hydrogens is 222 g/mol. The average Bonchev–Trinajstić information content (AvgIpc) is 2.29. The second-order valence-corrected chi connectivity index (χ2v) is 5.14. The first kappa shape index (κ1) is 12.5. The minimum absolute atomic E-state index is 0.0791. The summed E-state index contributed by atoms with van der Waals surface area (Å²) in [5, 5.41) is 10.5. The smallest absolute Gasteiger partial charge is 0.248 e. The van der Waals surface area contributed by atoms with E-state index in [1.165, 1.54) is 0 Å². The Morgan fingerprint density at radius 3 is 2.24 bits per heavy atom. The van der Waals surface area contributed by atoms with Crippen molar-refractivity contribution in [2.75, 3.05) is 0 Å². The monoisotopic (exact) mass is 240 g/mol. The van der Waals surface area contributed by atoms with Crippen molar-refractivity contribution >= 4 is 0 Å². The molecule has 1 aliphatic rings. The van der Waals surface area contributed by atoms with Gasteiger partial charge in [-0.25, -0.2) is 8.78 Å². The zero-order chi connectivity index (χ0) is 12.5. The standard InChI is InChI=1S/C14H18F2O/c1-13(17,11-5-3-2-4-6-11)12-7-9-14(15,16)10-8-12/h2-6,12,17H,7-10H2,1H3. The van der Waals surface area contributed by atoms with Gasteiger partial charge in [0.15, 0.2) is 0 Å². The van der Waals surface area contributed by atoms with Crippen molar-refractivity contribution in [1.29, 1.82) is 0 Å². The van der Waals surface area contributed by atoms with Gasteiger partial charge in [-0.2, -0.15) is 0 Å². The third-order valence-corrected chi connectivity index (χ3v) is 3.87. The first-order valence-corrected chi connectivity index (χ1v) is 6.07. The van der Waals surface area contributed by atoms with Crippen molar-refractivity contribution in [3.8, 4) is 0 Å². The summed E-state index contributed by atoms with van der Waals surface area (Å²) in [5.74, 6) is -2.62. The fraction of sp³-hybridized carbons (Fsp3) is 0.571.